The number of aromatic nitrogens is 5. The predicted molar refractivity (Wildman–Crippen MR) is 106 cm³/mol. The molecular formula is C20H14F3N7O2. The molecular weight excluding hydrogens is 427 g/mol. The Morgan fingerprint density at radius 1 is 1.03 bits per heavy atom. The van der Waals surface area contributed by atoms with Gasteiger partial charge in [0, 0.05) is 29.8 Å². The van der Waals surface area contributed by atoms with E-state index < -0.39 is 35.4 Å². The van der Waals surface area contributed by atoms with Crippen LogP contribution < -0.4 is 11.1 Å². The molecule has 4 aromatic rings. The number of alkyl halides is 3. The largest absolute Gasteiger partial charge is 0.433 e. The van der Waals surface area contributed by atoms with E-state index in [1.165, 1.54) is 30.6 Å². The summed E-state index contributed by atoms with van der Waals surface area (Å²) in [5.41, 5.74) is 5.79. The third-order valence-electron chi connectivity index (χ3n) is 4.48. The number of hydrogen-bond donors (Lipinski definition) is 3. The molecule has 12 heteroatoms. The van der Waals surface area contributed by atoms with E-state index in [1.54, 1.807) is 12.1 Å². The highest BCUT2D eigenvalue weighted by Crippen LogP contribution is 2.29. The zero-order valence-corrected chi connectivity index (χ0v) is 16.1. The fraction of sp³-hybridized carbons (Fsp3) is 0.100. The second kappa shape index (κ2) is 8.06. The Labute approximate surface area is 177 Å². The van der Waals surface area contributed by atoms with E-state index in [0.29, 0.717) is 22.8 Å². The number of imidazole rings is 1. The molecule has 1 atom stereocenters. The molecule has 3 heterocycles. The SMILES string of the molecule is NC(=O)C(c1nccc(C(F)(F)F)n1)c1nc2ccc(C(=O)Nc3ccncc3)cc2[nH]1. The lowest BCUT2D eigenvalue weighted by atomic mass is 10.1. The number of primary amides is 1. The van der Waals surface area contributed by atoms with E-state index in [4.69, 9.17) is 5.73 Å². The predicted octanol–water partition coefficient (Wildman–Crippen LogP) is 2.64. The number of anilines is 1. The van der Waals surface area contributed by atoms with Crippen molar-refractivity contribution in [2.24, 2.45) is 5.73 Å². The molecule has 1 aromatic carbocycles. The average Bonchev–Trinajstić information content (AvgIpc) is 3.16. The van der Waals surface area contributed by atoms with Gasteiger partial charge in [-0.05, 0) is 36.4 Å². The molecule has 0 aliphatic heterocycles. The number of H-pyrrole nitrogens is 1. The van der Waals surface area contributed by atoms with E-state index in [-0.39, 0.29) is 11.4 Å². The number of nitrogens with one attached hydrogen (secondary N) is 2. The van der Waals surface area contributed by atoms with Crippen molar-refractivity contribution < 1.29 is 22.8 Å². The highest BCUT2D eigenvalue weighted by atomic mass is 19.4. The molecule has 162 valence electrons. The van der Waals surface area contributed by atoms with Crippen molar-refractivity contribution >= 4 is 28.5 Å². The minimum Gasteiger partial charge on any atom is -0.369 e. The summed E-state index contributed by atoms with van der Waals surface area (Å²) >= 11 is 0. The van der Waals surface area contributed by atoms with Gasteiger partial charge in [0.25, 0.3) is 5.91 Å². The van der Waals surface area contributed by atoms with Crippen LogP contribution in [0.4, 0.5) is 18.9 Å². The zero-order valence-electron chi connectivity index (χ0n) is 16.1. The van der Waals surface area contributed by atoms with Gasteiger partial charge in [-0.1, -0.05) is 0 Å². The Bertz CT molecular complexity index is 1310. The zero-order chi connectivity index (χ0) is 22.9. The van der Waals surface area contributed by atoms with Crippen molar-refractivity contribution in [1.82, 2.24) is 24.9 Å². The number of nitrogens with two attached hydrogens (primary N) is 1. The lowest BCUT2D eigenvalue weighted by molar-refractivity contribution is -0.141. The maximum atomic E-state index is 13.0. The van der Waals surface area contributed by atoms with E-state index in [1.807, 2.05) is 0 Å². The van der Waals surface area contributed by atoms with Crippen LogP contribution in [0.1, 0.15) is 33.6 Å². The summed E-state index contributed by atoms with van der Waals surface area (Å²) in [6.07, 6.45) is -0.768. The second-order valence-corrected chi connectivity index (χ2v) is 6.68. The molecule has 0 aliphatic rings. The Morgan fingerprint density at radius 3 is 2.47 bits per heavy atom. The quantitative estimate of drug-likeness (QED) is 0.435. The number of amides is 2. The number of nitrogens with zero attached hydrogens (tertiary/aromatic N) is 4. The lowest BCUT2D eigenvalue weighted by Crippen LogP contribution is -2.26. The van der Waals surface area contributed by atoms with Crippen LogP contribution in [-0.4, -0.2) is 36.7 Å². The summed E-state index contributed by atoms with van der Waals surface area (Å²) in [5, 5.41) is 2.70. The van der Waals surface area contributed by atoms with Crippen molar-refractivity contribution in [3.05, 3.63) is 77.9 Å². The first-order valence-corrected chi connectivity index (χ1v) is 9.13. The van der Waals surface area contributed by atoms with Crippen molar-refractivity contribution in [3.63, 3.8) is 0 Å². The summed E-state index contributed by atoms with van der Waals surface area (Å²) in [7, 11) is 0. The lowest BCUT2D eigenvalue weighted by Gasteiger charge is -2.11. The minimum atomic E-state index is -4.72. The van der Waals surface area contributed by atoms with Gasteiger partial charge in [0.15, 0.2) is 5.92 Å². The Balaban J connectivity index is 1.68. The minimum absolute atomic E-state index is 0.0430. The fourth-order valence-corrected chi connectivity index (χ4v) is 3.00. The maximum Gasteiger partial charge on any atom is 0.433 e. The van der Waals surface area contributed by atoms with Gasteiger partial charge in [-0.2, -0.15) is 13.2 Å². The summed E-state index contributed by atoms with van der Waals surface area (Å²) in [5.74, 6) is -3.32. The van der Waals surface area contributed by atoms with Crippen LogP contribution in [0, 0.1) is 0 Å². The van der Waals surface area contributed by atoms with Gasteiger partial charge >= 0.3 is 6.18 Å². The normalized spacial score (nSPS) is 12.5. The Morgan fingerprint density at radius 2 is 1.78 bits per heavy atom. The van der Waals surface area contributed by atoms with Crippen LogP contribution in [-0.2, 0) is 11.0 Å². The van der Waals surface area contributed by atoms with Gasteiger partial charge in [-0.15, -0.1) is 0 Å². The van der Waals surface area contributed by atoms with E-state index >= 15 is 0 Å². The van der Waals surface area contributed by atoms with Gasteiger partial charge in [0.2, 0.25) is 5.91 Å². The molecule has 0 radical (unpaired) electrons. The molecule has 32 heavy (non-hydrogen) atoms. The molecule has 4 N–H and O–H groups in total. The van der Waals surface area contributed by atoms with Crippen molar-refractivity contribution in [1.29, 1.82) is 0 Å². The number of carbonyl (C=O) groups excluding carboxylic acids is 2. The fourth-order valence-electron chi connectivity index (χ4n) is 3.00. The number of carbonyl (C=O) groups is 2. The van der Waals surface area contributed by atoms with Crippen LogP contribution >= 0.6 is 0 Å². The van der Waals surface area contributed by atoms with Crippen molar-refractivity contribution in [3.8, 4) is 0 Å². The number of halogens is 3. The first-order valence-electron chi connectivity index (χ1n) is 9.13. The maximum absolute atomic E-state index is 13.0. The molecule has 0 saturated heterocycles. The number of pyridine rings is 1. The van der Waals surface area contributed by atoms with E-state index in [9.17, 15) is 22.8 Å². The smallest absolute Gasteiger partial charge is 0.369 e. The highest BCUT2D eigenvalue weighted by molar-refractivity contribution is 6.05. The monoisotopic (exact) mass is 441 g/mol. The van der Waals surface area contributed by atoms with Crippen LogP contribution in [0.15, 0.2) is 55.0 Å². The molecule has 4 rings (SSSR count). The molecule has 2 amide bonds. The van der Waals surface area contributed by atoms with Gasteiger partial charge in [-0.25, -0.2) is 15.0 Å². The third-order valence-corrected chi connectivity index (χ3v) is 4.48. The van der Waals surface area contributed by atoms with Gasteiger partial charge < -0.3 is 16.0 Å². The number of benzene rings is 1. The topological polar surface area (TPSA) is 140 Å². The Kier molecular flexibility index (Phi) is 5.26. The summed E-state index contributed by atoms with van der Waals surface area (Å²) < 4.78 is 39.0. The molecule has 9 nitrogen and oxygen atoms in total. The van der Waals surface area contributed by atoms with Crippen LogP contribution in [0.5, 0.6) is 0 Å². The Hall–Kier alpha value is -4.35. The standard InChI is InChI=1S/C20H14F3N7O2/c21-20(22,23)14-5-8-26-17(30-14)15(16(24)31)18-28-12-2-1-10(9-13(12)29-18)19(32)27-11-3-6-25-7-4-11/h1-9,15H,(H2,24,31)(H,28,29)(H,25,27,32). The van der Waals surface area contributed by atoms with E-state index in [0.717, 1.165) is 6.20 Å². The van der Waals surface area contributed by atoms with Crippen LogP contribution in [0.3, 0.4) is 0 Å². The second-order valence-electron chi connectivity index (χ2n) is 6.68. The molecule has 0 spiro atoms. The first kappa shape index (κ1) is 20.9. The first-order chi connectivity index (χ1) is 15.2. The summed E-state index contributed by atoms with van der Waals surface area (Å²) in [6, 6.07) is 8.47. The van der Waals surface area contributed by atoms with E-state index in [2.05, 4.69) is 30.2 Å². The number of hydrogen-bond acceptors (Lipinski definition) is 6. The molecule has 0 bridgehead atoms. The number of fused-ring (bicyclic) bond motifs is 1. The van der Waals surface area contributed by atoms with Crippen molar-refractivity contribution in [2.45, 2.75) is 12.1 Å². The van der Waals surface area contributed by atoms with Gasteiger partial charge in [0.1, 0.15) is 17.3 Å². The highest BCUT2D eigenvalue weighted by Gasteiger charge is 2.35. The average molecular weight is 441 g/mol. The third kappa shape index (κ3) is 4.24. The number of rotatable bonds is 5. The summed E-state index contributed by atoms with van der Waals surface area (Å²) in [6.45, 7) is 0. The molecule has 0 fully saturated rings. The molecule has 3 aromatic heterocycles. The molecule has 0 saturated carbocycles. The molecule has 1 unspecified atom stereocenters. The number of aromatic amines is 1. The molecule has 0 aliphatic carbocycles. The van der Waals surface area contributed by atoms with Crippen LogP contribution in [0.2, 0.25) is 0 Å². The van der Waals surface area contributed by atoms with Gasteiger partial charge in [0.05, 0.1) is 11.0 Å². The van der Waals surface area contributed by atoms with Gasteiger partial charge in [-0.3, -0.25) is 14.6 Å². The van der Waals surface area contributed by atoms with Crippen molar-refractivity contribution in [2.75, 3.05) is 5.32 Å². The summed E-state index contributed by atoms with van der Waals surface area (Å²) in [4.78, 5) is 42.7. The van der Waals surface area contributed by atoms with Crippen LogP contribution in [0.25, 0.3) is 11.0 Å².